The van der Waals surface area contributed by atoms with Gasteiger partial charge in [-0.05, 0) is 30.3 Å². The number of rotatable bonds is 7. The molecule has 156 valence electrons. The van der Waals surface area contributed by atoms with Crippen LogP contribution in [0.2, 0.25) is 0 Å². The number of furan rings is 1. The van der Waals surface area contributed by atoms with Gasteiger partial charge in [0.15, 0.2) is 0 Å². The van der Waals surface area contributed by atoms with Gasteiger partial charge in [-0.15, -0.1) is 0 Å². The number of aromatic nitrogens is 2. The Morgan fingerprint density at radius 2 is 1.87 bits per heavy atom. The number of fused-ring (bicyclic) bond motifs is 1. The van der Waals surface area contributed by atoms with Crippen molar-refractivity contribution in [3.63, 3.8) is 0 Å². The van der Waals surface area contributed by atoms with Crippen molar-refractivity contribution in [1.82, 2.24) is 15.3 Å². The zero-order valence-electron chi connectivity index (χ0n) is 16.7. The van der Waals surface area contributed by atoms with Crippen molar-refractivity contribution < 1.29 is 18.6 Å². The summed E-state index contributed by atoms with van der Waals surface area (Å²) in [6, 6.07) is 13.6. The number of hydrogen-bond donors (Lipinski definition) is 2. The summed E-state index contributed by atoms with van der Waals surface area (Å²) in [5, 5.41) is 6.86. The molecule has 2 N–H and O–H groups in total. The molecule has 1 aromatic carbocycles. The highest BCUT2D eigenvalue weighted by Crippen LogP contribution is 2.31. The van der Waals surface area contributed by atoms with Gasteiger partial charge in [-0.3, -0.25) is 0 Å². The third-order valence-corrected chi connectivity index (χ3v) is 5.53. The fourth-order valence-electron chi connectivity index (χ4n) is 4.04. The van der Waals surface area contributed by atoms with Crippen molar-refractivity contribution in [2.75, 3.05) is 25.6 Å². The molecule has 0 radical (unpaired) electrons. The SMILES string of the molecule is COc1ccccc1-c1ccnc(NC2COC3C(NCc4ccco4)COC23)n1. The minimum absolute atomic E-state index is 0.0154. The van der Waals surface area contributed by atoms with E-state index < -0.39 is 0 Å². The second-order valence-electron chi connectivity index (χ2n) is 7.38. The minimum Gasteiger partial charge on any atom is -0.496 e. The second-order valence-corrected chi connectivity index (χ2v) is 7.38. The monoisotopic (exact) mass is 408 g/mol. The molecule has 4 atom stereocenters. The van der Waals surface area contributed by atoms with Gasteiger partial charge in [0.1, 0.15) is 23.7 Å². The van der Waals surface area contributed by atoms with Crippen molar-refractivity contribution in [3.8, 4) is 17.0 Å². The molecule has 2 saturated heterocycles. The van der Waals surface area contributed by atoms with Crippen molar-refractivity contribution in [2.45, 2.75) is 30.8 Å². The first-order valence-corrected chi connectivity index (χ1v) is 10.0. The fourth-order valence-corrected chi connectivity index (χ4v) is 4.04. The Morgan fingerprint density at radius 3 is 2.70 bits per heavy atom. The smallest absolute Gasteiger partial charge is 0.223 e. The second kappa shape index (κ2) is 8.43. The number of para-hydroxylation sites is 1. The van der Waals surface area contributed by atoms with E-state index in [-0.39, 0.29) is 24.3 Å². The van der Waals surface area contributed by atoms with Crippen LogP contribution in [0.1, 0.15) is 5.76 Å². The van der Waals surface area contributed by atoms with E-state index in [0.717, 1.165) is 22.8 Å². The predicted octanol–water partition coefficient (Wildman–Crippen LogP) is 2.48. The summed E-state index contributed by atoms with van der Waals surface area (Å²) in [4.78, 5) is 9.06. The molecule has 0 amide bonds. The normalized spacial score (nSPS) is 25.2. The summed E-state index contributed by atoms with van der Waals surface area (Å²) in [6.07, 6.45) is 3.34. The van der Waals surface area contributed by atoms with Crippen molar-refractivity contribution in [2.24, 2.45) is 0 Å². The van der Waals surface area contributed by atoms with Crippen LogP contribution in [0.3, 0.4) is 0 Å². The third-order valence-electron chi connectivity index (χ3n) is 5.53. The maximum Gasteiger partial charge on any atom is 0.223 e. The molecule has 8 nitrogen and oxygen atoms in total. The maximum absolute atomic E-state index is 6.04. The summed E-state index contributed by atoms with van der Waals surface area (Å²) >= 11 is 0. The van der Waals surface area contributed by atoms with Gasteiger partial charge < -0.3 is 29.3 Å². The Labute approximate surface area is 174 Å². The molecule has 0 saturated carbocycles. The molecule has 5 rings (SSSR count). The van der Waals surface area contributed by atoms with E-state index in [1.807, 2.05) is 42.5 Å². The van der Waals surface area contributed by atoms with Crippen LogP contribution in [-0.4, -0.2) is 54.6 Å². The summed E-state index contributed by atoms with van der Waals surface area (Å²) in [6.45, 7) is 1.78. The number of nitrogens with zero attached hydrogens (tertiary/aromatic N) is 2. The Hall–Kier alpha value is -2.94. The molecule has 0 spiro atoms. The molecule has 4 heterocycles. The number of methoxy groups -OCH3 is 1. The zero-order chi connectivity index (χ0) is 20.3. The largest absolute Gasteiger partial charge is 0.496 e. The van der Waals surface area contributed by atoms with Crippen LogP contribution in [0.25, 0.3) is 11.3 Å². The average molecular weight is 408 g/mol. The van der Waals surface area contributed by atoms with Gasteiger partial charge >= 0.3 is 0 Å². The van der Waals surface area contributed by atoms with Crippen molar-refractivity contribution >= 4 is 5.95 Å². The number of nitrogens with one attached hydrogen (secondary N) is 2. The van der Waals surface area contributed by atoms with E-state index in [9.17, 15) is 0 Å². The van der Waals surface area contributed by atoms with Gasteiger partial charge in [0, 0.05) is 11.8 Å². The Morgan fingerprint density at radius 1 is 1.03 bits per heavy atom. The standard InChI is InChI=1S/C22H24N4O4/c1-27-19-7-3-2-6-15(19)16-8-9-23-22(25-16)26-18-13-30-20-17(12-29-21(18)20)24-11-14-5-4-10-28-14/h2-10,17-18,20-21,24H,11-13H2,1H3,(H,23,25,26). The number of hydrogen-bond acceptors (Lipinski definition) is 8. The average Bonchev–Trinajstić information content (AvgIpc) is 3.52. The zero-order valence-corrected chi connectivity index (χ0v) is 16.7. The molecule has 0 aliphatic carbocycles. The molecule has 2 aliphatic heterocycles. The molecule has 4 unspecified atom stereocenters. The van der Waals surface area contributed by atoms with E-state index in [0.29, 0.717) is 25.7 Å². The van der Waals surface area contributed by atoms with Crippen LogP contribution < -0.4 is 15.4 Å². The molecular weight excluding hydrogens is 384 g/mol. The van der Waals surface area contributed by atoms with Gasteiger partial charge in [0.25, 0.3) is 0 Å². The fraction of sp³-hybridized carbons (Fsp3) is 0.364. The van der Waals surface area contributed by atoms with Crippen LogP contribution in [0.5, 0.6) is 5.75 Å². The summed E-state index contributed by atoms with van der Waals surface area (Å²) in [5.41, 5.74) is 1.72. The van der Waals surface area contributed by atoms with Gasteiger partial charge in [-0.25, -0.2) is 9.97 Å². The van der Waals surface area contributed by atoms with E-state index >= 15 is 0 Å². The molecule has 2 aliphatic rings. The van der Waals surface area contributed by atoms with Crippen LogP contribution >= 0.6 is 0 Å². The molecule has 8 heteroatoms. The van der Waals surface area contributed by atoms with E-state index in [4.69, 9.17) is 18.6 Å². The Balaban J connectivity index is 1.25. The molecular formula is C22H24N4O4. The van der Waals surface area contributed by atoms with E-state index in [1.165, 1.54) is 0 Å². The first-order chi connectivity index (χ1) is 14.8. The Bertz CT molecular complexity index is 981. The van der Waals surface area contributed by atoms with Gasteiger partial charge in [-0.2, -0.15) is 0 Å². The Kier molecular flexibility index (Phi) is 5.35. The molecule has 30 heavy (non-hydrogen) atoms. The first kappa shape index (κ1) is 19.0. The molecule has 2 aromatic heterocycles. The predicted molar refractivity (Wildman–Crippen MR) is 110 cm³/mol. The van der Waals surface area contributed by atoms with Crippen LogP contribution in [-0.2, 0) is 16.0 Å². The lowest BCUT2D eigenvalue weighted by Crippen LogP contribution is -2.41. The van der Waals surface area contributed by atoms with Gasteiger partial charge in [-0.1, -0.05) is 12.1 Å². The number of benzene rings is 1. The summed E-state index contributed by atoms with van der Waals surface area (Å²) in [5.74, 6) is 2.21. The minimum atomic E-state index is -0.0578. The van der Waals surface area contributed by atoms with E-state index in [2.05, 4.69) is 20.6 Å². The molecule has 2 fully saturated rings. The lowest BCUT2D eigenvalue weighted by molar-refractivity contribution is 0.0673. The number of anilines is 1. The maximum atomic E-state index is 6.04. The highest BCUT2D eigenvalue weighted by molar-refractivity contribution is 5.67. The van der Waals surface area contributed by atoms with Gasteiger partial charge in [0.2, 0.25) is 5.95 Å². The lowest BCUT2D eigenvalue weighted by atomic mass is 10.1. The van der Waals surface area contributed by atoms with Gasteiger partial charge in [0.05, 0.1) is 50.9 Å². The molecule has 0 bridgehead atoms. The van der Waals surface area contributed by atoms with Crippen LogP contribution in [0.15, 0.2) is 59.3 Å². The third kappa shape index (κ3) is 3.77. The first-order valence-electron chi connectivity index (χ1n) is 10.0. The lowest BCUT2D eigenvalue weighted by Gasteiger charge is -2.18. The van der Waals surface area contributed by atoms with E-state index in [1.54, 1.807) is 19.6 Å². The topological polar surface area (TPSA) is 90.7 Å². The molecule has 3 aromatic rings. The summed E-state index contributed by atoms with van der Waals surface area (Å²) < 4.78 is 22.9. The summed E-state index contributed by atoms with van der Waals surface area (Å²) in [7, 11) is 1.66. The van der Waals surface area contributed by atoms with Crippen molar-refractivity contribution in [3.05, 3.63) is 60.7 Å². The highest BCUT2D eigenvalue weighted by Gasteiger charge is 2.47. The highest BCUT2D eigenvalue weighted by atomic mass is 16.6. The quantitative estimate of drug-likeness (QED) is 0.616. The van der Waals surface area contributed by atoms with Crippen LogP contribution in [0, 0.1) is 0 Å². The number of ether oxygens (including phenoxy) is 3. The van der Waals surface area contributed by atoms with Crippen LogP contribution in [0.4, 0.5) is 5.95 Å². The van der Waals surface area contributed by atoms with Crippen molar-refractivity contribution in [1.29, 1.82) is 0 Å².